The average Bonchev–Trinajstić information content (AvgIpc) is 2.74. The third kappa shape index (κ3) is 6.44. The van der Waals surface area contributed by atoms with Gasteiger partial charge in [-0.2, -0.15) is 0 Å². The number of nitrogens with one attached hydrogen (secondary N) is 3. The molecular formula is C24H25ClN3O2+. The fourth-order valence-electron chi connectivity index (χ4n) is 3.21. The standard InChI is InChI=1S/C24H24ClN3O2/c1-28(16-22(29)26-21-14-12-20(25)13-15-21)17-23(30)27-24(18-8-4-2-5-9-18)19-10-6-3-7-11-19/h2-15,24H,16-17H2,1H3,(H,26,29)(H,27,30)/p+1. The molecule has 0 spiro atoms. The Morgan fingerprint density at radius 1 is 0.800 bits per heavy atom. The maximum Gasteiger partial charge on any atom is 0.279 e. The van der Waals surface area contributed by atoms with E-state index in [1.807, 2.05) is 67.7 Å². The smallest absolute Gasteiger partial charge is 0.279 e. The van der Waals surface area contributed by atoms with E-state index in [0.717, 1.165) is 16.0 Å². The lowest BCUT2D eigenvalue weighted by molar-refractivity contribution is -0.862. The van der Waals surface area contributed by atoms with E-state index >= 15 is 0 Å². The fraction of sp³-hybridized carbons (Fsp3) is 0.167. The van der Waals surface area contributed by atoms with Gasteiger partial charge in [0, 0.05) is 10.7 Å². The van der Waals surface area contributed by atoms with Gasteiger partial charge >= 0.3 is 0 Å². The molecular weight excluding hydrogens is 398 g/mol. The molecule has 3 rings (SSSR count). The zero-order valence-electron chi connectivity index (χ0n) is 16.8. The molecule has 0 saturated carbocycles. The topological polar surface area (TPSA) is 62.6 Å². The van der Waals surface area contributed by atoms with E-state index in [1.165, 1.54) is 0 Å². The van der Waals surface area contributed by atoms with Crippen LogP contribution >= 0.6 is 11.6 Å². The molecule has 0 bridgehead atoms. The Morgan fingerprint density at radius 3 is 1.83 bits per heavy atom. The van der Waals surface area contributed by atoms with Crippen LogP contribution in [0.25, 0.3) is 0 Å². The van der Waals surface area contributed by atoms with Crippen molar-refractivity contribution in [1.82, 2.24) is 5.32 Å². The van der Waals surface area contributed by atoms with Gasteiger partial charge in [-0.1, -0.05) is 72.3 Å². The lowest BCUT2D eigenvalue weighted by Gasteiger charge is -2.21. The highest BCUT2D eigenvalue weighted by atomic mass is 35.5. The normalized spacial score (nSPS) is 11.7. The van der Waals surface area contributed by atoms with Gasteiger partial charge in [0.25, 0.3) is 11.8 Å². The molecule has 6 heteroatoms. The molecule has 0 aliphatic heterocycles. The predicted molar refractivity (Wildman–Crippen MR) is 120 cm³/mol. The van der Waals surface area contributed by atoms with Crippen LogP contribution in [-0.4, -0.2) is 32.0 Å². The third-order valence-corrected chi connectivity index (χ3v) is 4.88. The van der Waals surface area contributed by atoms with E-state index in [2.05, 4.69) is 10.6 Å². The molecule has 3 aromatic carbocycles. The van der Waals surface area contributed by atoms with Crippen LogP contribution in [0.5, 0.6) is 0 Å². The molecule has 1 unspecified atom stereocenters. The number of hydrogen-bond donors (Lipinski definition) is 3. The number of halogens is 1. The summed E-state index contributed by atoms with van der Waals surface area (Å²) in [5.74, 6) is -0.283. The van der Waals surface area contributed by atoms with Gasteiger partial charge in [-0.15, -0.1) is 0 Å². The van der Waals surface area contributed by atoms with Crippen LogP contribution in [-0.2, 0) is 9.59 Å². The van der Waals surface area contributed by atoms with E-state index in [4.69, 9.17) is 11.6 Å². The Balaban J connectivity index is 1.58. The minimum absolute atomic E-state index is 0.121. The number of carbonyl (C=O) groups excluding carboxylic acids is 2. The number of quaternary nitrogens is 1. The molecule has 0 aromatic heterocycles. The van der Waals surface area contributed by atoms with Crippen molar-refractivity contribution < 1.29 is 14.5 Å². The summed E-state index contributed by atoms with van der Waals surface area (Å²) in [7, 11) is 1.82. The minimum Gasteiger partial charge on any atom is -0.340 e. The van der Waals surface area contributed by atoms with Crippen LogP contribution in [0.2, 0.25) is 5.02 Å². The zero-order valence-corrected chi connectivity index (χ0v) is 17.5. The fourth-order valence-corrected chi connectivity index (χ4v) is 3.34. The Kier molecular flexibility index (Phi) is 7.60. The number of likely N-dealkylation sites (N-methyl/N-ethyl adjacent to an activating group) is 1. The van der Waals surface area contributed by atoms with Gasteiger partial charge in [0.05, 0.1) is 13.1 Å². The van der Waals surface area contributed by atoms with E-state index in [1.54, 1.807) is 24.3 Å². The monoisotopic (exact) mass is 422 g/mol. The molecule has 2 amide bonds. The molecule has 3 N–H and O–H groups in total. The first-order chi connectivity index (χ1) is 14.5. The molecule has 1 atom stereocenters. The summed E-state index contributed by atoms with van der Waals surface area (Å²) in [6, 6.07) is 26.4. The SMILES string of the molecule is C[NH+](CC(=O)Nc1ccc(Cl)cc1)CC(=O)NC(c1ccccc1)c1ccccc1. The highest BCUT2D eigenvalue weighted by Crippen LogP contribution is 2.21. The van der Waals surface area contributed by atoms with Crippen molar-refractivity contribution in [1.29, 1.82) is 0 Å². The van der Waals surface area contributed by atoms with Crippen LogP contribution in [0.4, 0.5) is 5.69 Å². The van der Waals surface area contributed by atoms with Crippen molar-refractivity contribution in [2.24, 2.45) is 0 Å². The maximum atomic E-state index is 12.7. The first-order valence-corrected chi connectivity index (χ1v) is 10.1. The van der Waals surface area contributed by atoms with Gasteiger partial charge in [0.1, 0.15) is 0 Å². The molecule has 3 aromatic rings. The summed E-state index contributed by atoms with van der Waals surface area (Å²) in [6.45, 7) is 0.363. The Labute approximate surface area is 181 Å². The molecule has 0 radical (unpaired) electrons. The lowest BCUT2D eigenvalue weighted by atomic mass is 9.99. The second-order valence-electron chi connectivity index (χ2n) is 7.19. The van der Waals surface area contributed by atoms with Gasteiger partial charge in [-0.25, -0.2) is 0 Å². The molecule has 0 aliphatic rings. The second kappa shape index (κ2) is 10.6. The van der Waals surface area contributed by atoms with Crippen LogP contribution in [0.15, 0.2) is 84.9 Å². The van der Waals surface area contributed by atoms with Crippen molar-refractivity contribution in [2.75, 3.05) is 25.5 Å². The summed E-state index contributed by atoms with van der Waals surface area (Å²) >= 11 is 5.86. The number of anilines is 1. The van der Waals surface area contributed by atoms with E-state index in [9.17, 15) is 9.59 Å². The van der Waals surface area contributed by atoms with Crippen molar-refractivity contribution in [3.8, 4) is 0 Å². The Hall–Kier alpha value is -3.15. The van der Waals surface area contributed by atoms with Gasteiger partial charge in [-0.05, 0) is 35.4 Å². The lowest BCUT2D eigenvalue weighted by Crippen LogP contribution is -3.11. The highest BCUT2D eigenvalue weighted by molar-refractivity contribution is 6.30. The molecule has 0 fully saturated rings. The summed E-state index contributed by atoms with van der Waals surface area (Å²) in [5.41, 5.74) is 2.69. The average molecular weight is 423 g/mol. The Bertz CT molecular complexity index is 923. The van der Waals surface area contributed by atoms with Crippen molar-refractivity contribution in [2.45, 2.75) is 6.04 Å². The third-order valence-electron chi connectivity index (χ3n) is 4.62. The highest BCUT2D eigenvalue weighted by Gasteiger charge is 2.20. The van der Waals surface area contributed by atoms with E-state index in [0.29, 0.717) is 10.7 Å². The zero-order chi connectivity index (χ0) is 21.3. The largest absolute Gasteiger partial charge is 0.340 e. The van der Waals surface area contributed by atoms with Gasteiger partial charge in [-0.3, -0.25) is 9.59 Å². The molecule has 154 valence electrons. The van der Waals surface area contributed by atoms with Gasteiger partial charge < -0.3 is 15.5 Å². The summed E-state index contributed by atoms with van der Waals surface area (Å²) in [5, 5.41) is 6.53. The van der Waals surface area contributed by atoms with Crippen LogP contribution in [0.3, 0.4) is 0 Å². The molecule has 0 saturated heterocycles. The summed E-state index contributed by atoms with van der Waals surface area (Å²) in [4.78, 5) is 25.8. The van der Waals surface area contributed by atoms with Crippen LogP contribution < -0.4 is 15.5 Å². The Morgan fingerprint density at radius 2 is 1.30 bits per heavy atom. The number of hydrogen-bond acceptors (Lipinski definition) is 2. The summed E-state index contributed by atoms with van der Waals surface area (Å²) in [6.07, 6.45) is 0. The number of amides is 2. The molecule has 0 aliphatic carbocycles. The molecule has 5 nitrogen and oxygen atoms in total. The van der Waals surface area contributed by atoms with Crippen LogP contribution in [0, 0.1) is 0 Å². The predicted octanol–water partition coefficient (Wildman–Crippen LogP) is 2.70. The number of rotatable bonds is 8. The van der Waals surface area contributed by atoms with Crippen LogP contribution in [0.1, 0.15) is 17.2 Å². The van der Waals surface area contributed by atoms with Crippen molar-refractivity contribution in [3.05, 3.63) is 101 Å². The molecule has 0 heterocycles. The van der Waals surface area contributed by atoms with Crippen molar-refractivity contribution >= 4 is 29.1 Å². The molecule has 30 heavy (non-hydrogen) atoms. The first kappa shape index (κ1) is 21.6. The van der Waals surface area contributed by atoms with Crippen molar-refractivity contribution in [3.63, 3.8) is 0 Å². The second-order valence-corrected chi connectivity index (χ2v) is 7.62. The number of carbonyl (C=O) groups is 2. The number of benzene rings is 3. The van der Waals surface area contributed by atoms with E-state index < -0.39 is 0 Å². The van der Waals surface area contributed by atoms with Gasteiger partial charge in [0.15, 0.2) is 13.1 Å². The quantitative estimate of drug-likeness (QED) is 0.522. The summed E-state index contributed by atoms with van der Waals surface area (Å²) < 4.78 is 0. The van der Waals surface area contributed by atoms with E-state index in [-0.39, 0.29) is 30.9 Å². The maximum absolute atomic E-state index is 12.7. The van der Waals surface area contributed by atoms with Gasteiger partial charge in [0.2, 0.25) is 0 Å². The first-order valence-electron chi connectivity index (χ1n) is 9.77. The minimum atomic E-state index is -0.240.